The highest BCUT2D eigenvalue weighted by Gasteiger charge is 2.32. The highest BCUT2D eigenvalue weighted by atomic mass is 16.3. The first kappa shape index (κ1) is 11.4. The van der Waals surface area contributed by atoms with E-state index >= 15 is 0 Å². The van der Waals surface area contributed by atoms with Gasteiger partial charge >= 0.3 is 0 Å². The monoisotopic (exact) mass is 248 g/mol. The number of aliphatic hydroxyl groups is 1. The number of hydrogen-bond donors (Lipinski definition) is 1. The molecule has 6 heteroatoms. The zero-order valence-electron chi connectivity index (χ0n) is 10.3. The van der Waals surface area contributed by atoms with Crippen molar-refractivity contribution in [2.45, 2.75) is 37.8 Å². The molecular weight excluding hydrogens is 232 g/mol. The van der Waals surface area contributed by atoms with Gasteiger partial charge in [-0.1, -0.05) is 12.8 Å². The van der Waals surface area contributed by atoms with Crippen molar-refractivity contribution in [3.63, 3.8) is 0 Å². The van der Waals surface area contributed by atoms with Gasteiger partial charge < -0.3 is 5.11 Å². The zero-order chi connectivity index (χ0) is 12.8. The summed E-state index contributed by atoms with van der Waals surface area (Å²) in [6.07, 6.45) is 6.58. The fourth-order valence-electron chi connectivity index (χ4n) is 2.69. The Morgan fingerprint density at radius 1 is 1.44 bits per heavy atom. The van der Waals surface area contributed by atoms with Gasteiger partial charge in [-0.25, -0.2) is 4.98 Å². The van der Waals surface area contributed by atoms with Crippen molar-refractivity contribution in [1.82, 2.24) is 19.3 Å². The molecule has 2 heterocycles. The number of aromatic nitrogens is 4. The molecule has 2 aromatic heterocycles. The van der Waals surface area contributed by atoms with Crippen LogP contribution in [0.1, 0.15) is 25.7 Å². The lowest BCUT2D eigenvalue weighted by atomic mass is 10.0. The van der Waals surface area contributed by atoms with Crippen LogP contribution in [0.3, 0.4) is 0 Å². The Morgan fingerprint density at radius 2 is 2.17 bits per heavy atom. The number of aryl methyl sites for hydroxylation is 1. The summed E-state index contributed by atoms with van der Waals surface area (Å²) in [5.41, 5.74) is -0.301. The van der Waals surface area contributed by atoms with E-state index in [1.54, 1.807) is 11.7 Å². The maximum atomic E-state index is 12.2. The summed E-state index contributed by atoms with van der Waals surface area (Å²) in [5, 5.41) is 14.9. The number of rotatable bonds is 2. The van der Waals surface area contributed by atoms with Crippen molar-refractivity contribution in [1.29, 1.82) is 0 Å². The van der Waals surface area contributed by atoms with Gasteiger partial charge in [-0.15, -0.1) is 0 Å². The summed E-state index contributed by atoms with van der Waals surface area (Å²) in [7, 11) is 1.75. The molecule has 6 nitrogen and oxygen atoms in total. The van der Waals surface area contributed by atoms with E-state index in [2.05, 4.69) is 10.1 Å². The second-order valence-corrected chi connectivity index (χ2v) is 5.11. The molecule has 0 unspecified atom stereocenters. The predicted octanol–water partition coefficient (Wildman–Crippen LogP) is 0.435. The maximum absolute atomic E-state index is 12.2. The van der Waals surface area contributed by atoms with Crippen LogP contribution in [0, 0.1) is 0 Å². The van der Waals surface area contributed by atoms with Crippen LogP contribution in [0.4, 0.5) is 0 Å². The molecule has 0 aliphatic heterocycles. The number of hydrogen-bond acceptors (Lipinski definition) is 4. The van der Waals surface area contributed by atoms with Crippen LogP contribution < -0.4 is 5.56 Å². The van der Waals surface area contributed by atoms with Crippen molar-refractivity contribution >= 4 is 11.0 Å². The van der Waals surface area contributed by atoms with E-state index in [1.807, 2.05) is 0 Å². The minimum atomic E-state index is -0.749. The largest absolute Gasteiger partial charge is 0.388 e. The first-order valence-electron chi connectivity index (χ1n) is 6.19. The lowest BCUT2D eigenvalue weighted by Gasteiger charge is -2.22. The molecule has 0 atom stereocenters. The molecule has 1 aliphatic carbocycles. The van der Waals surface area contributed by atoms with E-state index in [9.17, 15) is 9.90 Å². The first-order chi connectivity index (χ1) is 8.59. The van der Waals surface area contributed by atoms with E-state index < -0.39 is 5.60 Å². The Hall–Kier alpha value is -1.69. The summed E-state index contributed by atoms with van der Waals surface area (Å²) < 4.78 is 3.07. The normalized spacial score (nSPS) is 18.6. The number of nitrogens with zero attached hydrogens (tertiary/aromatic N) is 4. The molecule has 0 saturated heterocycles. The second-order valence-electron chi connectivity index (χ2n) is 5.11. The third-order valence-corrected chi connectivity index (χ3v) is 3.72. The molecule has 1 saturated carbocycles. The van der Waals surface area contributed by atoms with E-state index in [0.29, 0.717) is 17.6 Å². The minimum Gasteiger partial charge on any atom is -0.388 e. The summed E-state index contributed by atoms with van der Waals surface area (Å²) in [6.45, 7) is 0.323. The highest BCUT2D eigenvalue weighted by molar-refractivity contribution is 5.72. The van der Waals surface area contributed by atoms with Crippen LogP contribution >= 0.6 is 0 Å². The molecule has 0 amide bonds. The molecule has 0 spiro atoms. The highest BCUT2D eigenvalue weighted by Crippen LogP contribution is 2.30. The summed E-state index contributed by atoms with van der Waals surface area (Å²) in [5.74, 6) is 0. The molecule has 3 rings (SSSR count). The molecule has 0 aromatic carbocycles. The van der Waals surface area contributed by atoms with Gasteiger partial charge in [-0.05, 0) is 12.8 Å². The first-order valence-corrected chi connectivity index (χ1v) is 6.19. The van der Waals surface area contributed by atoms with Crippen LogP contribution in [-0.2, 0) is 13.6 Å². The van der Waals surface area contributed by atoms with Crippen molar-refractivity contribution in [3.05, 3.63) is 22.9 Å². The Morgan fingerprint density at radius 3 is 2.89 bits per heavy atom. The Kier molecular flexibility index (Phi) is 2.48. The Balaban J connectivity index is 2.02. The van der Waals surface area contributed by atoms with Gasteiger partial charge in [0.25, 0.3) is 5.56 Å². The molecule has 0 radical (unpaired) electrons. The molecule has 1 fully saturated rings. The van der Waals surface area contributed by atoms with E-state index in [1.165, 1.54) is 17.1 Å². The standard InChI is InChI=1S/C12H16N4O2/c1-15-10-9(6-14-15)11(17)16(8-13-10)7-12(18)4-2-3-5-12/h6,8,18H,2-5,7H2,1H3. The van der Waals surface area contributed by atoms with E-state index in [0.717, 1.165) is 25.7 Å². The zero-order valence-corrected chi connectivity index (χ0v) is 10.3. The van der Waals surface area contributed by atoms with Crippen LogP contribution in [0.2, 0.25) is 0 Å². The van der Waals surface area contributed by atoms with Crippen molar-refractivity contribution in [3.8, 4) is 0 Å². The van der Waals surface area contributed by atoms with Gasteiger partial charge in [0.2, 0.25) is 0 Å². The average molecular weight is 248 g/mol. The minimum absolute atomic E-state index is 0.131. The quantitative estimate of drug-likeness (QED) is 0.836. The fourth-order valence-corrected chi connectivity index (χ4v) is 2.69. The third kappa shape index (κ3) is 1.73. The van der Waals surface area contributed by atoms with E-state index in [-0.39, 0.29) is 5.56 Å². The molecule has 1 aliphatic rings. The lowest BCUT2D eigenvalue weighted by molar-refractivity contribution is 0.0288. The molecule has 2 aromatic rings. The van der Waals surface area contributed by atoms with Crippen LogP contribution in [-0.4, -0.2) is 30.0 Å². The van der Waals surface area contributed by atoms with Gasteiger partial charge in [-0.3, -0.25) is 14.0 Å². The fraction of sp³-hybridized carbons (Fsp3) is 0.583. The summed E-state index contributed by atoms with van der Waals surface area (Å²) in [4.78, 5) is 16.5. The smallest absolute Gasteiger partial charge is 0.264 e. The number of fused-ring (bicyclic) bond motifs is 1. The van der Waals surface area contributed by atoms with Gasteiger partial charge in [0.15, 0.2) is 5.65 Å². The predicted molar refractivity (Wildman–Crippen MR) is 66.2 cm³/mol. The van der Waals surface area contributed by atoms with Crippen molar-refractivity contribution in [2.24, 2.45) is 7.05 Å². The van der Waals surface area contributed by atoms with Gasteiger partial charge in [0.1, 0.15) is 11.7 Å². The van der Waals surface area contributed by atoms with Gasteiger partial charge in [0, 0.05) is 7.05 Å². The summed E-state index contributed by atoms with van der Waals surface area (Å²) in [6, 6.07) is 0. The second kappa shape index (κ2) is 3.91. The molecule has 96 valence electrons. The topological polar surface area (TPSA) is 72.9 Å². The van der Waals surface area contributed by atoms with Crippen molar-refractivity contribution < 1.29 is 5.11 Å². The molecule has 0 bridgehead atoms. The lowest BCUT2D eigenvalue weighted by Crippen LogP contribution is -2.35. The maximum Gasteiger partial charge on any atom is 0.264 e. The molecule has 1 N–H and O–H groups in total. The average Bonchev–Trinajstić information content (AvgIpc) is 2.91. The van der Waals surface area contributed by atoms with Crippen LogP contribution in [0.15, 0.2) is 17.3 Å². The SMILES string of the molecule is Cn1ncc2c(=O)n(CC3(O)CCCC3)cnc21. The Labute approximate surface area is 104 Å². The van der Waals surface area contributed by atoms with Crippen molar-refractivity contribution in [2.75, 3.05) is 0 Å². The summed E-state index contributed by atoms with van der Waals surface area (Å²) >= 11 is 0. The molecular formula is C12H16N4O2. The van der Waals surface area contributed by atoms with Crippen LogP contribution in [0.25, 0.3) is 11.0 Å². The molecule has 18 heavy (non-hydrogen) atoms. The van der Waals surface area contributed by atoms with Crippen LogP contribution in [0.5, 0.6) is 0 Å². The third-order valence-electron chi connectivity index (χ3n) is 3.72. The Bertz CT molecular complexity index is 637. The van der Waals surface area contributed by atoms with E-state index in [4.69, 9.17) is 0 Å². The van der Waals surface area contributed by atoms with Gasteiger partial charge in [-0.2, -0.15) is 5.10 Å². The van der Waals surface area contributed by atoms with Gasteiger partial charge in [0.05, 0.1) is 18.3 Å².